The van der Waals surface area contributed by atoms with Gasteiger partial charge in [-0.3, -0.25) is 0 Å². The Bertz CT molecular complexity index is 38.7. The van der Waals surface area contributed by atoms with E-state index in [2.05, 4.69) is 0 Å². The van der Waals surface area contributed by atoms with E-state index in [1.54, 1.807) is 0 Å². The van der Waals surface area contributed by atoms with Crippen LogP contribution in [-0.2, 0) is 4.79 Å². The van der Waals surface area contributed by atoms with Gasteiger partial charge in [0.15, 0.2) is 0 Å². The van der Waals surface area contributed by atoms with Crippen LogP contribution in [0.4, 0.5) is 0 Å². The molecular formula is C2H7ClLiNO2. The molecule has 0 bridgehead atoms. The van der Waals surface area contributed by atoms with E-state index in [0.29, 0.717) is 0 Å². The smallest absolute Gasteiger partial charge is 1.00 e. The number of halogens is 1. The molecule has 0 aliphatic carbocycles. The summed E-state index contributed by atoms with van der Waals surface area (Å²) in [5.41, 5.74) is 0. The van der Waals surface area contributed by atoms with Crippen molar-refractivity contribution >= 4 is 5.97 Å². The molecule has 3 nitrogen and oxygen atoms in total. The van der Waals surface area contributed by atoms with Gasteiger partial charge in [0, 0.05) is 5.97 Å². The van der Waals surface area contributed by atoms with E-state index in [0.717, 1.165) is 6.92 Å². The fraction of sp³-hybridized carbons (Fsp3) is 0.500. The molecule has 0 saturated carbocycles. The summed E-state index contributed by atoms with van der Waals surface area (Å²) < 4.78 is 0. The van der Waals surface area contributed by atoms with Crippen LogP contribution in [-0.4, -0.2) is 5.97 Å². The van der Waals surface area contributed by atoms with Crippen molar-refractivity contribution in [2.45, 2.75) is 6.92 Å². The summed E-state index contributed by atoms with van der Waals surface area (Å²) in [6.07, 6.45) is 0. The van der Waals surface area contributed by atoms with E-state index in [-0.39, 0.29) is 37.4 Å². The Morgan fingerprint density at radius 1 is 1.57 bits per heavy atom. The topological polar surface area (TPSA) is 76.6 Å². The molecule has 40 valence electrons. The average molecular weight is 119 g/mol. The standard InChI is InChI=1S/C2H4O2.ClH.Li.H3N/c1-2(3)4;;;/h1H3,(H,3,4);1H;;1H3/q;;+1;/p-1. The first-order chi connectivity index (χ1) is 1.73. The zero-order chi connectivity index (χ0) is 3.58. The largest absolute Gasteiger partial charge is 1.00 e. The third-order valence-electron chi connectivity index (χ3n) is 0. The predicted molar refractivity (Wildman–Crippen MR) is 16.7 cm³/mol. The Kier molecular flexibility index (Phi) is 61.5. The zero-order valence-electron chi connectivity index (χ0n) is 4.69. The molecule has 0 amide bonds. The van der Waals surface area contributed by atoms with Crippen molar-refractivity contribution in [3.63, 3.8) is 0 Å². The van der Waals surface area contributed by atoms with Crippen LogP contribution in [0.25, 0.3) is 0 Å². The number of rotatable bonds is 0. The number of carboxylic acid groups (broad SMARTS) is 1. The number of carboxylic acids is 1. The van der Waals surface area contributed by atoms with Gasteiger partial charge in [-0.05, 0) is 6.92 Å². The van der Waals surface area contributed by atoms with Crippen molar-refractivity contribution in [3.05, 3.63) is 0 Å². The van der Waals surface area contributed by atoms with E-state index in [4.69, 9.17) is 9.90 Å². The zero-order valence-corrected chi connectivity index (χ0v) is 5.45. The summed E-state index contributed by atoms with van der Waals surface area (Å²) in [7, 11) is 0. The van der Waals surface area contributed by atoms with Crippen LogP contribution in [0, 0.1) is 0 Å². The molecule has 5 heteroatoms. The number of aliphatic carboxylic acids is 1. The molecule has 0 aromatic carbocycles. The maximum absolute atomic E-state index is 8.89. The monoisotopic (exact) mass is 119 g/mol. The molecule has 0 fully saturated rings. The fourth-order valence-corrected chi connectivity index (χ4v) is 0. The van der Waals surface area contributed by atoms with Gasteiger partial charge >= 0.3 is 18.9 Å². The second-order valence-electron chi connectivity index (χ2n) is 0.492. The van der Waals surface area contributed by atoms with Crippen LogP contribution in [0.1, 0.15) is 6.92 Å². The molecule has 0 aromatic heterocycles. The Hall–Kier alpha value is 0.317. The maximum Gasteiger partial charge on any atom is 1.00 e. The Balaban J connectivity index is -0.0000000150. The van der Waals surface area contributed by atoms with Crippen molar-refractivity contribution in [2.75, 3.05) is 0 Å². The second-order valence-corrected chi connectivity index (χ2v) is 0.492. The summed E-state index contributed by atoms with van der Waals surface area (Å²) in [5, 5.41) is 8.89. The molecule has 0 aromatic rings. The van der Waals surface area contributed by atoms with Crippen molar-refractivity contribution in [1.29, 1.82) is 0 Å². The number of hydrogen-bond acceptors (Lipinski definition) is 2. The molecule has 7 heavy (non-hydrogen) atoms. The fourth-order valence-electron chi connectivity index (χ4n) is 0. The number of hydrogen-bond donors (Lipinski definition) is 1. The SMILES string of the molecule is CC(=O)[O-].[Cl-].[Li+].[NH4+]. The van der Waals surface area contributed by atoms with Gasteiger partial charge in [0.05, 0.1) is 0 Å². The molecule has 0 aliphatic heterocycles. The van der Waals surface area contributed by atoms with Crippen LogP contribution >= 0.6 is 0 Å². The molecule has 0 atom stereocenters. The van der Waals surface area contributed by atoms with Gasteiger partial charge in [-0.2, -0.15) is 0 Å². The van der Waals surface area contributed by atoms with Crippen molar-refractivity contribution in [1.82, 2.24) is 6.15 Å². The van der Waals surface area contributed by atoms with Crippen LogP contribution in [0.5, 0.6) is 0 Å². The molecule has 0 aliphatic rings. The molecule has 0 heterocycles. The van der Waals surface area contributed by atoms with Crippen molar-refractivity contribution < 1.29 is 41.2 Å². The average Bonchev–Trinajstić information content (AvgIpc) is 0.811. The number of carbonyl (C=O) groups excluding carboxylic acids is 1. The van der Waals surface area contributed by atoms with Crippen molar-refractivity contribution in [3.8, 4) is 0 Å². The normalized spacial score (nSPS) is 3.57. The van der Waals surface area contributed by atoms with E-state index < -0.39 is 5.97 Å². The summed E-state index contributed by atoms with van der Waals surface area (Å²) in [6, 6.07) is 0. The van der Waals surface area contributed by atoms with Gasteiger partial charge in [-0.1, -0.05) is 0 Å². The molecule has 0 saturated heterocycles. The van der Waals surface area contributed by atoms with Gasteiger partial charge in [0.2, 0.25) is 0 Å². The molecule has 4 N–H and O–H groups in total. The number of quaternary nitrogens is 1. The summed E-state index contributed by atoms with van der Waals surface area (Å²) in [6.45, 7) is 0.972. The van der Waals surface area contributed by atoms with E-state index in [1.807, 2.05) is 0 Å². The summed E-state index contributed by atoms with van der Waals surface area (Å²) >= 11 is 0. The van der Waals surface area contributed by atoms with E-state index >= 15 is 0 Å². The third-order valence-corrected chi connectivity index (χ3v) is 0. The second kappa shape index (κ2) is 16.2. The van der Waals surface area contributed by atoms with Gasteiger partial charge in [-0.25, -0.2) is 0 Å². The molecule has 0 rings (SSSR count). The molecular weight excluding hydrogens is 112 g/mol. The molecule has 0 spiro atoms. The summed E-state index contributed by atoms with van der Waals surface area (Å²) in [4.78, 5) is 8.89. The first kappa shape index (κ1) is 26.5. The quantitative estimate of drug-likeness (QED) is 0.322. The van der Waals surface area contributed by atoms with Crippen LogP contribution in [0.15, 0.2) is 0 Å². The Morgan fingerprint density at radius 2 is 1.57 bits per heavy atom. The minimum Gasteiger partial charge on any atom is -1.00 e. The van der Waals surface area contributed by atoms with Gasteiger partial charge in [0.1, 0.15) is 0 Å². The van der Waals surface area contributed by atoms with Crippen molar-refractivity contribution in [2.24, 2.45) is 0 Å². The van der Waals surface area contributed by atoms with Crippen LogP contribution in [0.2, 0.25) is 0 Å². The van der Waals surface area contributed by atoms with Gasteiger partial charge in [0.25, 0.3) is 0 Å². The molecule has 0 unspecified atom stereocenters. The van der Waals surface area contributed by atoms with Crippen LogP contribution in [0.3, 0.4) is 0 Å². The maximum atomic E-state index is 8.89. The van der Waals surface area contributed by atoms with E-state index in [1.165, 1.54) is 0 Å². The predicted octanol–water partition coefficient (Wildman–Crippen LogP) is -6.86. The first-order valence-electron chi connectivity index (χ1n) is 0.908. The Labute approximate surface area is 60.6 Å². The summed E-state index contributed by atoms with van der Waals surface area (Å²) in [5.74, 6) is -1.08. The Morgan fingerprint density at radius 3 is 1.57 bits per heavy atom. The van der Waals surface area contributed by atoms with Gasteiger partial charge < -0.3 is 28.5 Å². The number of carbonyl (C=O) groups is 1. The van der Waals surface area contributed by atoms with Crippen LogP contribution < -0.4 is 42.5 Å². The third kappa shape index (κ3) is 1170. The molecule has 0 radical (unpaired) electrons. The van der Waals surface area contributed by atoms with Gasteiger partial charge in [-0.15, -0.1) is 0 Å². The first-order valence-corrected chi connectivity index (χ1v) is 0.908. The minimum atomic E-state index is -1.08. The van der Waals surface area contributed by atoms with E-state index in [9.17, 15) is 0 Å². The minimum absolute atomic E-state index is 0.